The van der Waals surface area contributed by atoms with Crippen LogP contribution in [0.5, 0.6) is 0 Å². The first-order chi connectivity index (χ1) is 28.5. The molecule has 0 saturated carbocycles. The number of aliphatic hydroxyl groups excluding tert-OH is 2. The lowest BCUT2D eigenvalue weighted by Crippen LogP contribution is -2.27. The molecule has 328 valence electrons. The van der Waals surface area contributed by atoms with Gasteiger partial charge in [-0.05, 0) is 123 Å². The Labute approximate surface area is 381 Å². The molecular weight excluding hydrogens is 980 g/mol. The molecule has 0 aliphatic rings. The number of rotatable bonds is 8. The number of aromatic nitrogens is 5. The van der Waals surface area contributed by atoms with Gasteiger partial charge >= 0.3 is 6.09 Å². The fourth-order valence-corrected chi connectivity index (χ4v) is 6.87. The molecule has 61 heavy (non-hydrogen) atoms. The topological polar surface area (TPSA) is 172 Å². The number of nitrogens with zero attached hydrogens (tertiary/aromatic N) is 5. The van der Waals surface area contributed by atoms with Crippen molar-refractivity contribution in [3.63, 3.8) is 0 Å². The second-order valence-corrected chi connectivity index (χ2v) is 17.3. The van der Waals surface area contributed by atoms with Crippen LogP contribution in [0.2, 0.25) is 0 Å². The van der Waals surface area contributed by atoms with Crippen molar-refractivity contribution in [2.75, 3.05) is 18.5 Å². The van der Waals surface area contributed by atoms with E-state index in [1.54, 1.807) is 97.4 Å². The highest BCUT2D eigenvalue weighted by molar-refractivity contribution is 9.11. The predicted molar refractivity (Wildman–Crippen MR) is 248 cm³/mol. The Morgan fingerprint density at radius 2 is 0.967 bits per heavy atom. The van der Waals surface area contributed by atoms with Crippen molar-refractivity contribution in [2.24, 2.45) is 35.2 Å². The maximum absolute atomic E-state index is 11.7. The lowest BCUT2D eigenvalue weighted by Gasteiger charge is -2.19. The Kier molecular flexibility index (Phi) is 20.8. The number of amides is 1. The number of aliphatic hydroxyl groups is 2. The minimum atomic E-state index is -0.552. The third-order valence-electron chi connectivity index (χ3n) is 8.12. The summed E-state index contributed by atoms with van der Waals surface area (Å²) in [5.74, 6) is -0.411. The van der Waals surface area contributed by atoms with E-state index in [0.717, 1.165) is 35.9 Å². The van der Waals surface area contributed by atoms with Gasteiger partial charge in [-0.3, -0.25) is 24.5 Å². The summed E-state index contributed by atoms with van der Waals surface area (Å²) in [6, 6.07) is 18.2. The molecule has 0 aliphatic carbocycles. The van der Waals surface area contributed by atoms with E-state index in [-0.39, 0.29) is 23.1 Å². The van der Waals surface area contributed by atoms with Gasteiger partial charge in [0.25, 0.3) is 0 Å². The number of ether oxygens (including phenoxy) is 1. The fourth-order valence-electron chi connectivity index (χ4n) is 5.30. The Bertz CT molecular complexity index is 2320. The molecule has 5 aromatic heterocycles. The molecule has 6 aromatic rings. The van der Waals surface area contributed by atoms with E-state index in [4.69, 9.17) is 14.9 Å². The maximum Gasteiger partial charge on any atom is 0.412 e. The molecule has 1 amide bonds. The van der Waals surface area contributed by atoms with Gasteiger partial charge in [0.15, 0.2) is 11.6 Å². The number of benzene rings is 1. The van der Waals surface area contributed by atoms with Crippen LogP contribution in [-0.4, -0.2) is 81.1 Å². The van der Waals surface area contributed by atoms with Crippen molar-refractivity contribution < 1.29 is 38.9 Å². The summed E-state index contributed by atoms with van der Waals surface area (Å²) in [4.78, 5) is 56.0. The largest absolute Gasteiger partial charge is 0.444 e. The summed E-state index contributed by atoms with van der Waals surface area (Å²) in [5.41, 5.74) is 4.25. The van der Waals surface area contributed by atoms with Crippen LogP contribution in [0.15, 0.2) is 111 Å². The van der Waals surface area contributed by atoms with E-state index in [1.165, 1.54) is 0 Å². The molecule has 0 saturated heterocycles. The van der Waals surface area contributed by atoms with E-state index in [0.29, 0.717) is 17.1 Å². The summed E-state index contributed by atoms with van der Waals surface area (Å²) in [6.07, 6.45) is 10.8. The van der Waals surface area contributed by atoms with Crippen LogP contribution >= 0.6 is 47.8 Å². The number of hydrogen-bond donors (Lipinski definition) is 3. The van der Waals surface area contributed by atoms with Crippen molar-refractivity contribution in [2.45, 2.75) is 40.2 Å². The summed E-state index contributed by atoms with van der Waals surface area (Å²) in [7, 11) is 9.21. The highest BCUT2D eigenvalue weighted by Gasteiger charge is 2.17. The van der Waals surface area contributed by atoms with Gasteiger partial charge in [0.1, 0.15) is 18.8 Å². The number of hydrogen-bond acceptors (Lipinski definition) is 8. The minimum absolute atomic E-state index is 0.0909. The summed E-state index contributed by atoms with van der Waals surface area (Å²) in [6.45, 7) is 7.56. The van der Waals surface area contributed by atoms with Crippen molar-refractivity contribution in [1.82, 2.24) is 22.8 Å². The third kappa shape index (κ3) is 17.8. The van der Waals surface area contributed by atoms with Crippen LogP contribution in [0.4, 0.5) is 10.5 Å². The number of anilines is 1. The first-order valence-electron chi connectivity index (χ1n) is 18.6. The molecule has 1 aromatic carbocycles. The molecule has 6 rings (SSSR count). The van der Waals surface area contributed by atoms with Gasteiger partial charge in [-0.15, -0.1) is 0 Å². The summed E-state index contributed by atoms with van der Waals surface area (Å²) >= 11 is 9.78. The standard InChI is InChI=1S/C18H22N2O4.C7H8BrNO2.2C7H8BrNO.C5H7N/c1-18(2,3)24-17(23)19-14-7-5-12(6-8-14)13-9-15(16(22)11-21)20(4)10-13;1-9-3-5(8)2-6(9)7(11)4-10;2*1-5(10)7-3-6(8)4-9(7)2;1-6-4-2-3-5-6/h5-10,21H,11H2,1-4H3,(H,19,23);2-3,10H,4H2,1H3;2*3-4H,1-2H3;2-5H,1H3. The maximum atomic E-state index is 11.7. The number of halogens is 3. The Morgan fingerprint density at radius 3 is 1.26 bits per heavy atom. The van der Waals surface area contributed by atoms with Crippen LogP contribution in [0.1, 0.15) is 76.6 Å². The smallest absolute Gasteiger partial charge is 0.412 e. The van der Waals surface area contributed by atoms with Gasteiger partial charge < -0.3 is 37.8 Å². The second-order valence-electron chi connectivity index (χ2n) is 14.5. The third-order valence-corrected chi connectivity index (χ3v) is 9.42. The van der Waals surface area contributed by atoms with Crippen LogP contribution in [-0.2, 0) is 40.0 Å². The molecule has 14 nitrogen and oxygen atoms in total. The lowest BCUT2D eigenvalue weighted by atomic mass is 10.1. The molecule has 0 bridgehead atoms. The van der Waals surface area contributed by atoms with Crippen LogP contribution in [0.25, 0.3) is 11.1 Å². The van der Waals surface area contributed by atoms with Crippen LogP contribution in [0.3, 0.4) is 0 Å². The van der Waals surface area contributed by atoms with E-state index >= 15 is 0 Å². The van der Waals surface area contributed by atoms with E-state index in [1.807, 2.05) is 93.1 Å². The molecule has 0 atom stereocenters. The number of carbonyl (C=O) groups is 5. The molecule has 5 heterocycles. The zero-order chi connectivity index (χ0) is 46.2. The van der Waals surface area contributed by atoms with E-state index < -0.39 is 24.9 Å². The molecule has 17 heteroatoms. The minimum Gasteiger partial charge on any atom is -0.444 e. The van der Waals surface area contributed by atoms with Gasteiger partial charge in [-0.25, -0.2) is 4.79 Å². The van der Waals surface area contributed by atoms with Gasteiger partial charge in [0, 0.05) is 111 Å². The van der Waals surface area contributed by atoms with Crippen molar-refractivity contribution >= 4 is 82.7 Å². The average molecular weight is 1030 g/mol. The predicted octanol–water partition coefficient (Wildman–Crippen LogP) is 9.18. The molecular formula is C44H53Br3N6O8. The molecule has 3 N–H and O–H groups in total. The van der Waals surface area contributed by atoms with Gasteiger partial charge in [0.2, 0.25) is 11.6 Å². The van der Waals surface area contributed by atoms with Crippen molar-refractivity contribution in [3.05, 3.63) is 134 Å². The number of carbonyl (C=O) groups excluding carboxylic acids is 5. The van der Waals surface area contributed by atoms with Crippen LogP contribution < -0.4 is 5.32 Å². The molecule has 0 spiro atoms. The Morgan fingerprint density at radius 1 is 0.590 bits per heavy atom. The van der Waals surface area contributed by atoms with Gasteiger partial charge in [0.05, 0.1) is 22.8 Å². The summed E-state index contributed by atoms with van der Waals surface area (Å²) in [5, 5.41) is 20.2. The average Bonchev–Trinajstić information content (AvgIpc) is 4.01. The number of Topliss-reactive ketones (excluding diaryl/α,β-unsaturated/α-hetero) is 4. The van der Waals surface area contributed by atoms with Gasteiger partial charge in [-0.2, -0.15) is 0 Å². The lowest BCUT2D eigenvalue weighted by molar-refractivity contribution is 0.0635. The van der Waals surface area contributed by atoms with E-state index in [2.05, 4.69) is 53.1 Å². The highest BCUT2D eigenvalue weighted by Crippen LogP contribution is 2.24. The van der Waals surface area contributed by atoms with Gasteiger partial charge in [-0.1, -0.05) is 12.1 Å². The first-order valence-corrected chi connectivity index (χ1v) is 20.9. The first kappa shape index (κ1) is 52.1. The van der Waals surface area contributed by atoms with E-state index in [9.17, 15) is 24.0 Å². The Balaban J connectivity index is 0.000000289. The summed E-state index contributed by atoms with van der Waals surface area (Å²) < 4.78 is 16.9. The zero-order valence-corrected chi connectivity index (χ0v) is 40.6. The number of ketones is 4. The second kappa shape index (κ2) is 24.4. The molecule has 0 fully saturated rings. The Hall–Kier alpha value is -5.07. The molecule has 0 radical (unpaired) electrons. The number of aryl methyl sites for hydroxylation is 5. The quantitative estimate of drug-likeness (QED) is 0.127. The number of nitrogens with one attached hydrogen (secondary N) is 1. The molecule has 0 unspecified atom stereocenters. The normalized spacial score (nSPS) is 10.3. The van der Waals surface area contributed by atoms with Crippen molar-refractivity contribution in [3.8, 4) is 11.1 Å². The fraction of sp³-hybridized carbons (Fsp3) is 0.295. The monoisotopic (exact) mass is 1030 g/mol. The van der Waals surface area contributed by atoms with Crippen LogP contribution in [0, 0.1) is 0 Å². The zero-order valence-electron chi connectivity index (χ0n) is 35.9. The molecule has 0 aliphatic heterocycles. The highest BCUT2D eigenvalue weighted by atomic mass is 79.9. The SMILES string of the molecule is CC(=O)c1cc(Br)cn1C.CC(=O)c1cc(Br)cn1C.Cn1cc(-c2ccc(NC(=O)OC(C)(C)C)cc2)cc1C(=O)CO.Cn1cc(Br)cc1C(=O)CO.Cn1cccc1. The van der Waals surface area contributed by atoms with Crippen molar-refractivity contribution in [1.29, 1.82) is 0 Å².